The maximum Gasteiger partial charge on any atom is 0.278 e. The Kier molecular flexibility index (Phi) is 5.38. The molecule has 0 spiro atoms. The molecular weight excluding hydrogens is 382 g/mol. The lowest BCUT2D eigenvalue weighted by Gasteiger charge is -2.34. The second-order valence-electron chi connectivity index (χ2n) is 6.24. The van der Waals surface area contributed by atoms with E-state index in [0.29, 0.717) is 34.6 Å². The maximum atomic E-state index is 13.0. The topological polar surface area (TPSA) is 54.5 Å². The molecule has 1 N–H and O–H groups in total. The molecule has 2 aromatic carbocycles. The zero-order valence-corrected chi connectivity index (χ0v) is 16.0. The average Bonchev–Trinajstić information content (AvgIpc) is 3.21. The minimum Gasteiger partial charge on any atom is -0.431 e. The van der Waals surface area contributed by atoms with Crippen LogP contribution in [0.2, 0.25) is 5.02 Å². The van der Waals surface area contributed by atoms with Crippen molar-refractivity contribution in [2.24, 2.45) is 0 Å². The first kappa shape index (κ1) is 18.0. The van der Waals surface area contributed by atoms with E-state index in [-0.39, 0.29) is 11.9 Å². The molecule has 1 unspecified atom stereocenters. The van der Waals surface area contributed by atoms with Crippen LogP contribution in [0.3, 0.4) is 0 Å². The predicted octanol–water partition coefficient (Wildman–Crippen LogP) is 4.38. The van der Waals surface area contributed by atoms with E-state index >= 15 is 0 Å². The maximum absolute atomic E-state index is 13.0. The Balaban J connectivity index is 1.49. The number of hydrogen-bond acceptors (Lipinski definition) is 5. The van der Waals surface area contributed by atoms with Crippen molar-refractivity contribution in [3.63, 3.8) is 0 Å². The second-order valence-corrected chi connectivity index (χ2v) is 7.53. The highest BCUT2D eigenvalue weighted by molar-refractivity contribution is 7.11. The summed E-state index contributed by atoms with van der Waals surface area (Å²) >= 11 is 7.52. The van der Waals surface area contributed by atoms with Gasteiger partial charge in [-0.2, -0.15) is 0 Å². The van der Waals surface area contributed by atoms with Crippen molar-refractivity contribution in [1.29, 1.82) is 0 Å². The van der Waals surface area contributed by atoms with E-state index in [4.69, 9.17) is 16.3 Å². The Morgan fingerprint density at radius 1 is 1.26 bits per heavy atom. The molecule has 5 nitrogen and oxygen atoms in total. The summed E-state index contributed by atoms with van der Waals surface area (Å²) in [6.07, 6.45) is 1.69. The zero-order chi connectivity index (χ0) is 18.6. The number of hydrogen-bond donors (Lipinski definition) is 1. The van der Waals surface area contributed by atoms with Crippen LogP contribution in [0.25, 0.3) is 0 Å². The van der Waals surface area contributed by atoms with Gasteiger partial charge in [0.05, 0.1) is 6.04 Å². The monoisotopic (exact) mass is 399 g/mol. The molecule has 4 rings (SSSR count). The van der Waals surface area contributed by atoms with Gasteiger partial charge in [-0.15, -0.1) is 0 Å². The first-order valence-electron chi connectivity index (χ1n) is 8.64. The molecular formula is C20H18ClN3O2S. The van der Waals surface area contributed by atoms with Gasteiger partial charge in [-0.1, -0.05) is 41.1 Å². The van der Waals surface area contributed by atoms with Crippen molar-refractivity contribution in [1.82, 2.24) is 15.2 Å². The number of halogens is 1. The Hall–Kier alpha value is -2.41. The Labute approximate surface area is 166 Å². The number of nitrogens with zero attached hydrogens (tertiary/aromatic N) is 2. The molecule has 0 radical (unpaired) electrons. The van der Waals surface area contributed by atoms with Crippen molar-refractivity contribution in [3.05, 3.63) is 76.3 Å². The molecule has 1 fully saturated rings. The van der Waals surface area contributed by atoms with Crippen molar-refractivity contribution < 1.29 is 9.53 Å². The number of nitrogens with one attached hydrogen (secondary N) is 1. The van der Waals surface area contributed by atoms with Gasteiger partial charge in [0.1, 0.15) is 5.75 Å². The molecule has 1 aromatic heterocycles. The minimum absolute atomic E-state index is 0.00637. The summed E-state index contributed by atoms with van der Waals surface area (Å²) < 4.78 is 5.71. The third-order valence-corrected chi connectivity index (χ3v) is 5.29. The summed E-state index contributed by atoms with van der Waals surface area (Å²) in [5.41, 5.74) is 1.69. The van der Waals surface area contributed by atoms with Gasteiger partial charge < -0.3 is 15.0 Å². The standard InChI is InChI=1S/C20H18ClN3O2S/c21-16-5-1-3-14(11-16)18-13-24(9-7-22-18)19(25)15-4-2-6-17(12-15)26-20-23-8-10-27-20/h1-6,8,10-12,18,22H,7,9,13H2. The predicted molar refractivity (Wildman–Crippen MR) is 107 cm³/mol. The van der Waals surface area contributed by atoms with Crippen LogP contribution < -0.4 is 10.1 Å². The first-order chi connectivity index (χ1) is 13.2. The highest BCUT2D eigenvalue weighted by Crippen LogP contribution is 2.26. The van der Waals surface area contributed by atoms with E-state index in [1.54, 1.807) is 12.3 Å². The molecule has 1 amide bonds. The molecule has 1 saturated heterocycles. The molecule has 138 valence electrons. The largest absolute Gasteiger partial charge is 0.431 e. The number of aromatic nitrogens is 1. The summed E-state index contributed by atoms with van der Waals surface area (Å²) in [5.74, 6) is 0.602. The number of amides is 1. The van der Waals surface area contributed by atoms with E-state index in [9.17, 15) is 4.79 Å². The van der Waals surface area contributed by atoms with Crippen LogP contribution in [-0.2, 0) is 0 Å². The van der Waals surface area contributed by atoms with Crippen molar-refractivity contribution >= 4 is 28.8 Å². The molecule has 3 aromatic rings. The van der Waals surface area contributed by atoms with Crippen molar-refractivity contribution in [2.75, 3.05) is 19.6 Å². The van der Waals surface area contributed by atoms with Gasteiger partial charge in [0, 0.05) is 41.8 Å². The lowest BCUT2D eigenvalue weighted by atomic mass is 10.0. The zero-order valence-electron chi connectivity index (χ0n) is 14.5. The fraction of sp³-hybridized carbons (Fsp3) is 0.200. The van der Waals surface area contributed by atoms with Crippen LogP contribution >= 0.6 is 22.9 Å². The van der Waals surface area contributed by atoms with E-state index in [1.807, 2.05) is 52.7 Å². The quantitative estimate of drug-likeness (QED) is 0.707. The van der Waals surface area contributed by atoms with Gasteiger partial charge in [-0.25, -0.2) is 4.98 Å². The Morgan fingerprint density at radius 3 is 2.96 bits per heavy atom. The summed E-state index contributed by atoms with van der Waals surface area (Å²) in [4.78, 5) is 19.0. The first-order valence-corrected chi connectivity index (χ1v) is 9.90. The van der Waals surface area contributed by atoms with E-state index in [0.717, 1.165) is 12.1 Å². The molecule has 7 heteroatoms. The van der Waals surface area contributed by atoms with Crippen LogP contribution in [-0.4, -0.2) is 35.4 Å². The third-order valence-electron chi connectivity index (χ3n) is 4.41. The van der Waals surface area contributed by atoms with Gasteiger partial charge in [0.25, 0.3) is 11.1 Å². The van der Waals surface area contributed by atoms with Crippen molar-refractivity contribution in [3.8, 4) is 10.9 Å². The van der Waals surface area contributed by atoms with E-state index in [1.165, 1.54) is 11.3 Å². The summed E-state index contributed by atoms with van der Waals surface area (Å²) in [6.45, 7) is 1.99. The Morgan fingerprint density at radius 2 is 2.15 bits per heavy atom. The number of carbonyl (C=O) groups is 1. The summed E-state index contributed by atoms with van der Waals surface area (Å²) in [7, 11) is 0. The van der Waals surface area contributed by atoms with Crippen LogP contribution in [0.5, 0.6) is 10.9 Å². The second kappa shape index (κ2) is 8.08. The molecule has 1 aliphatic rings. The molecule has 2 heterocycles. The SMILES string of the molecule is O=C(c1cccc(Oc2nccs2)c1)N1CCNC(c2cccc(Cl)c2)C1. The molecule has 1 aliphatic heterocycles. The third kappa shape index (κ3) is 4.30. The normalized spacial score (nSPS) is 16.9. The van der Waals surface area contributed by atoms with Crippen molar-refractivity contribution in [2.45, 2.75) is 6.04 Å². The lowest BCUT2D eigenvalue weighted by Crippen LogP contribution is -2.48. The van der Waals surface area contributed by atoms with Crippen LogP contribution in [0.4, 0.5) is 0 Å². The number of rotatable bonds is 4. The van der Waals surface area contributed by atoms with Gasteiger partial charge in [-0.05, 0) is 35.9 Å². The fourth-order valence-electron chi connectivity index (χ4n) is 3.12. The van der Waals surface area contributed by atoms with Gasteiger partial charge in [-0.3, -0.25) is 4.79 Å². The van der Waals surface area contributed by atoms with Crippen LogP contribution in [0.1, 0.15) is 22.0 Å². The molecule has 1 atom stereocenters. The number of thiazole rings is 1. The minimum atomic E-state index is -0.00637. The number of benzene rings is 2. The molecule has 27 heavy (non-hydrogen) atoms. The average molecular weight is 400 g/mol. The van der Waals surface area contributed by atoms with Gasteiger partial charge in [0.15, 0.2) is 0 Å². The smallest absolute Gasteiger partial charge is 0.278 e. The lowest BCUT2D eigenvalue weighted by molar-refractivity contribution is 0.0702. The molecule has 0 saturated carbocycles. The van der Waals surface area contributed by atoms with Gasteiger partial charge in [0.2, 0.25) is 0 Å². The number of ether oxygens (including phenoxy) is 1. The van der Waals surface area contributed by atoms with E-state index in [2.05, 4.69) is 10.3 Å². The van der Waals surface area contributed by atoms with Gasteiger partial charge >= 0.3 is 0 Å². The number of carbonyl (C=O) groups excluding carboxylic acids is 1. The van der Waals surface area contributed by atoms with Crippen LogP contribution in [0.15, 0.2) is 60.1 Å². The number of piperazine rings is 1. The fourth-order valence-corrected chi connectivity index (χ4v) is 3.82. The Bertz CT molecular complexity index is 932. The van der Waals surface area contributed by atoms with E-state index < -0.39 is 0 Å². The highest BCUT2D eigenvalue weighted by Gasteiger charge is 2.25. The molecule has 0 bridgehead atoms. The summed E-state index contributed by atoms with van der Waals surface area (Å²) in [6, 6.07) is 15.0. The molecule has 0 aliphatic carbocycles. The highest BCUT2D eigenvalue weighted by atomic mass is 35.5. The summed E-state index contributed by atoms with van der Waals surface area (Å²) in [5, 5.41) is 6.56. The van der Waals surface area contributed by atoms with Crippen LogP contribution in [0, 0.1) is 0 Å².